The Hall–Kier alpha value is -0.220. The van der Waals surface area contributed by atoms with Gasteiger partial charge in [0.15, 0.2) is 0 Å². The largest absolute Gasteiger partial charge is 0.378 e. The molecule has 1 saturated carbocycles. The Morgan fingerprint density at radius 1 is 1.47 bits per heavy atom. The molecule has 0 aromatic heterocycles. The van der Waals surface area contributed by atoms with Crippen LogP contribution in [0.3, 0.4) is 0 Å². The quantitative estimate of drug-likeness (QED) is 0.743. The van der Waals surface area contributed by atoms with E-state index < -0.39 is 6.43 Å². The zero-order valence-electron chi connectivity index (χ0n) is 9.72. The normalized spacial score (nSPS) is 35.6. The van der Waals surface area contributed by atoms with Crippen molar-refractivity contribution >= 4 is 0 Å². The van der Waals surface area contributed by atoms with Gasteiger partial charge in [-0.05, 0) is 19.8 Å². The lowest BCUT2D eigenvalue weighted by atomic mass is 9.61. The lowest BCUT2D eigenvalue weighted by molar-refractivity contribution is -0.127. The number of nitrogens with one attached hydrogen (secondary N) is 1. The highest BCUT2D eigenvalue weighted by molar-refractivity contribution is 5.04. The maximum atomic E-state index is 12.1. The molecule has 1 N–H and O–H groups in total. The van der Waals surface area contributed by atoms with Crippen molar-refractivity contribution in [3.05, 3.63) is 0 Å². The number of hydrogen-bond acceptors (Lipinski definition) is 2. The first-order valence-electron chi connectivity index (χ1n) is 5.67. The molecule has 15 heavy (non-hydrogen) atoms. The summed E-state index contributed by atoms with van der Waals surface area (Å²) in [7, 11) is 0. The minimum absolute atomic E-state index is 0.0188. The van der Waals surface area contributed by atoms with Crippen molar-refractivity contribution in [2.75, 3.05) is 13.2 Å². The van der Waals surface area contributed by atoms with Crippen LogP contribution in [0.25, 0.3) is 0 Å². The number of alkyl halides is 2. The number of halogens is 2. The van der Waals surface area contributed by atoms with Crippen molar-refractivity contribution in [2.24, 2.45) is 5.41 Å². The van der Waals surface area contributed by atoms with E-state index in [1.807, 2.05) is 6.92 Å². The highest BCUT2D eigenvalue weighted by atomic mass is 19.3. The Labute approximate surface area is 90.4 Å². The first-order chi connectivity index (χ1) is 7.04. The van der Waals surface area contributed by atoms with Crippen LogP contribution in [0.2, 0.25) is 0 Å². The first-order valence-corrected chi connectivity index (χ1v) is 5.67. The third-order valence-corrected chi connectivity index (χ3v) is 3.63. The predicted molar refractivity (Wildman–Crippen MR) is 56.2 cm³/mol. The summed E-state index contributed by atoms with van der Waals surface area (Å²) in [5.41, 5.74) is 0.0188. The minimum atomic E-state index is -2.27. The van der Waals surface area contributed by atoms with Crippen molar-refractivity contribution in [3.63, 3.8) is 0 Å². The first kappa shape index (κ1) is 12.8. The summed E-state index contributed by atoms with van der Waals surface area (Å²) in [6, 6.07) is 0.174. The molecule has 0 radical (unpaired) electrons. The Morgan fingerprint density at radius 2 is 2.13 bits per heavy atom. The van der Waals surface area contributed by atoms with Gasteiger partial charge in [-0.2, -0.15) is 0 Å². The van der Waals surface area contributed by atoms with Gasteiger partial charge in [-0.15, -0.1) is 0 Å². The van der Waals surface area contributed by atoms with Gasteiger partial charge in [0.2, 0.25) is 0 Å². The van der Waals surface area contributed by atoms with Gasteiger partial charge >= 0.3 is 0 Å². The lowest BCUT2D eigenvalue weighted by Crippen LogP contribution is -2.62. The zero-order valence-corrected chi connectivity index (χ0v) is 9.72. The van der Waals surface area contributed by atoms with Crippen LogP contribution in [0.4, 0.5) is 8.78 Å². The summed E-state index contributed by atoms with van der Waals surface area (Å²) in [4.78, 5) is 0. The highest BCUT2D eigenvalue weighted by Gasteiger charge is 2.50. The van der Waals surface area contributed by atoms with E-state index in [4.69, 9.17) is 4.74 Å². The second-order valence-electron chi connectivity index (χ2n) is 4.39. The summed E-state index contributed by atoms with van der Waals surface area (Å²) >= 11 is 0. The van der Waals surface area contributed by atoms with E-state index in [-0.39, 0.29) is 24.1 Å². The second-order valence-corrected chi connectivity index (χ2v) is 4.39. The summed E-state index contributed by atoms with van der Waals surface area (Å²) in [5.74, 6) is 0. The summed E-state index contributed by atoms with van der Waals surface area (Å²) in [6.07, 6.45) is -0.233. The summed E-state index contributed by atoms with van der Waals surface area (Å²) in [6.45, 7) is 6.65. The van der Waals surface area contributed by atoms with Crippen molar-refractivity contribution < 1.29 is 13.5 Å². The molecule has 1 fully saturated rings. The Bertz CT molecular complexity index is 201. The van der Waals surface area contributed by atoms with Gasteiger partial charge in [-0.3, -0.25) is 0 Å². The average molecular weight is 221 g/mol. The second kappa shape index (κ2) is 5.21. The van der Waals surface area contributed by atoms with Crippen LogP contribution in [0.1, 0.15) is 33.6 Å². The fourth-order valence-electron chi connectivity index (χ4n) is 2.30. The molecule has 0 spiro atoms. The molecule has 1 rings (SSSR count). The third kappa shape index (κ3) is 2.67. The zero-order chi connectivity index (χ0) is 11.5. The van der Waals surface area contributed by atoms with Gasteiger partial charge in [-0.1, -0.05) is 13.8 Å². The molecule has 0 saturated heterocycles. The molecular formula is C11H21F2NO. The van der Waals surface area contributed by atoms with E-state index >= 15 is 0 Å². The van der Waals surface area contributed by atoms with Crippen LogP contribution in [0.5, 0.6) is 0 Å². The van der Waals surface area contributed by atoms with Crippen molar-refractivity contribution in [2.45, 2.75) is 52.2 Å². The highest BCUT2D eigenvalue weighted by Crippen LogP contribution is 2.45. The summed E-state index contributed by atoms with van der Waals surface area (Å²) < 4.78 is 29.7. The Balaban J connectivity index is 2.42. The minimum Gasteiger partial charge on any atom is -0.378 e. The molecule has 1 aliphatic carbocycles. The topological polar surface area (TPSA) is 21.3 Å². The molecule has 0 bridgehead atoms. The van der Waals surface area contributed by atoms with E-state index in [1.54, 1.807) is 0 Å². The van der Waals surface area contributed by atoms with E-state index in [0.29, 0.717) is 6.61 Å². The van der Waals surface area contributed by atoms with Gasteiger partial charge in [0.05, 0.1) is 12.6 Å². The lowest BCUT2D eigenvalue weighted by Gasteiger charge is -2.53. The van der Waals surface area contributed by atoms with Crippen LogP contribution >= 0.6 is 0 Å². The van der Waals surface area contributed by atoms with E-state index in [0.717, 1.165) is 12.8 Å². The van der Waals surface area contributed by atoms with Gasteiger partial charge in [0.1, 0.15) is 0 Å². The van der Waals surface area contributed by atoms with Crippen LogP contribution in [0.15, 0.2) is 0 Å². The maximum Gasteiger partial charge on any atom is 0.250 e. The molecule has 2 nitrogen and oxygen atoms in total. The van der Waals surface area contributed by atoms with Gasteiger partial charge < -0.3 is 10.1 Å². The molecule has 4 heteroatoms. The molecular weight excluding hydrogens is 200 g/mol. The standard InChI is InChI=1S/C11H21F2NO/c1-4-11(3)8(14-7-10(12)13)6-9(11)15-5-2/h8-10,14H,4-7H2,1-3H3. The number of ether oxygens (including phenoxy) is 1. The molecule has 3 unspecified atom stereocenters. The maximum absolute atomic E-state index is 12.1. The predicted octanol–water partition coefficient (Wildman–Crippen LogP) is 2.43. The van der Waals surface area contributed by atoms with Gasteiger partial charge in [0, 0.05) is 18.1 Å². The number of rotatable bonds is 6. The Kier molecular flexibility index (Phi) is 4.46. The fourth-order valence-corrected chi connectivity index (χ4v) is 2.30. The summed E-state index contributed by atoms with van der Waals surface area (Å²) in [5, 5.41) is 2.92. The van der Waals surface area contributed by atoms with Crippen molar-refractivity contribution in [1.29, 1.82) is 0 Å². The SMILES string of the molecule is CCOC1CC(NCC(F)F)C1(C)CC. The van der Waals surface area contributed by atoms with Crippen molar-refractivity contribution in [1.82, 2.24) is 5.32 Å². The number of hydrogen-bond donors (Lipinski definition) is 1. The molecule has 0 aliphatic heterocycles. The van der Waals surface area contributed by atoms with Gasteiger partial charge in [0.25, 0.3) is 6.43 Å². The van der Waals surface area contributed by atoms with Crippen molar-refractivity contribution in [3.8, 4) is 0 Å². The molecule has 3 atom stereocenters. The third-order valence-electron chi connectivity index (χ3n) is 3.63. The molecule has 0 amide bonds. The molecule has 0 aromatic rings. The van der Waals surface area contributed by atoms with Crippen LogP contribution in [-0.4, -0.2) is 31.7 Å². The molecule has 0 heterocycles. The van der Waals surface area contributed by atoms with E-state index in [1.165, 1.54) is 0 Å². The average Bonchev–Trinajstić information content (AvgIpc) is 2.20. The van der Waals surface area contributed by atoms with Gasteiger partial charge in [-0.25, -0.2) is 8.78 Å². The molecule has 1 aliphatic rings. The molecule has 0 aromatic carbocycles. The Morgan fingerprint density at radius 3 is 2.60 bits per heavy atom. The smallest absolute Gasteiger partial charge is 0.250 e. The van der Waals surface area contributed by atoms with Crippen LogP contribution in [-0.2, 0) is 4.74 Å². The van der Waals surface area contributed by atoms with Crippen LogP contribution < -0.4 is 5.32 Å². The van der Waals surface area contributed by atoms with Crippen LogP contribution in [0, 0.1) is 5.41 Å². The monoisotopic (exact) mass is 221 g/mol. The molecule has 90 valence electrons. The fraction of sp³-hybridized carbons (Fsp3) is 1.00. The van der Waals surface area contributed by atoms with E-state index in [2.05, 4.69) is 19.2 Å². The van der Waals surface area contributed by atoms with E-state index in [9.17, 15) is 8.78 Å².